The normalized spacial score (nSPS) is 14.9. The zero-order valence-corrected chi connectivity index (χ0v) is 15.1. The maximum absolute atomic E-state index is 9.66. The van der Waals surface area contributed by atoms with Crippen LogP contribution in [-0.4, -0.2) is 41.9 Å². The quantitative estimate of drug-likeness (QED) is 0.486. The highest BCUT2D eigenvalue weighted by Crippen LogP contribution is 2.27. The van der Waals surface area contributed by atoms with E-state index in [0.29, 0.717) is 25.7 Å². The highest BCUT2D eigenvalue weighted by molar-refractivity contribution is 5.83. The monoisotopic (exact) mass is 334 g/mol. The molecule has 0 aliphatic carbocycles. The summed E-state index contributed by atoms with van der Waals surface area (Å²) in [5.74, 6) is 0.434. The molecule has 0 radical (unpaired) electrons. The van der Waals surface area contributed by atoms with E-state index in [1.54, 1.807) is 0 Å². The maximum atomic E-state index is 9.66. The van der Waals surface area contributed by atoms with Crippen molar-refractivity contribution in [3.8, 4) is 0 Å². The molecule has 2 atom stereocenters. The first-order valence-corrected chi connectivity index (χ1v) is 8.60. The minimum Gasteiger partial charge on any atom is -0.380 e. The van der Waals surface area contributed by atoms with E-state index in [2.05, 4.69) is 41.6 Å². The van der Waals surface area contributed by atoms with E-state index in [1.165, 1.54) is 16.5 Å². The van der Waals surface area contributed by atoms with Gasteiger partial charge in [0, 0.05) is 30.3 Å². The molecule has 0 spiro atoms. The Morgan fingerprint density at radius 2 is 1.96 bits per heavy atom. The van der Waals surface area contributed by atoms with Gasteiger partial charge in [-0.25, -0.2) is 0 Å². The lowest BCUT2D eigenvalue weighted by Gasteiger charge is -2.24. The van der Waals surface area contributed by atoms with E-state index < -0.39 is 6.41 Å². The Morgan fingerprint density at radius 3 is 2.71 bits per heavy atom. The van der Waals surface area contributed by atoms with Crippen molar-refractivity contribution < 1.29 is 14.6 Å². The predicted octanol–water partition coefficient (Wildman–Crippen LogP) is 3.36. The fourth-order valence-corrected chi connectivity index (χ4v) is 2.65. The van der Waals surface area contributed by atoms with Gasteiger partial charge in [0.2, 0.25) is 6.41 Å². The Balaban J connectivity index is 1.64. The van der Waals surface area contributed by atoms with E-state index in [0.717, 1.165) is 6.42 Å². The van der Waals surface area contributed by atoms with Gasteiger partial charge in [-0.3, -0.25) is 5.32 Å². The molecule has 0 aliphatic rings. The lowest BCUT2D eigenvalue weighted by atomic mass is 9.98. The van der Waals surface area contributed by atoms with Crippen molar-refractivity contribution in [1.82, 2.24) is 10.3 Å². The maximum Gasteiger partial charge on any atom is 0.214 e. The lowest BCUT2D eigenvalue weighted by Crippen LogP contribution is -2.39. The molecular weight excluding hydrogens is 304 g/mol. The van der Waals surface area contributed by atoms with Crippen LogP contribution in [0.15, 0.2) is 30.5 Å². The number of rotatable bonds is 9. The molecule has 1 aromatic heterocycles. The fraction of sp³-hybridized carbons (Fsp3) is 0.579. The molecule has 1 heterocycles. The molecule has 1 aromatic carbocycles. The minimum atomic E-state index is -0.959. The summed E-state index contributed by atoms with van der Waals surface area (Å²) in [6.07, 6.45) is 2.10. The van der Waals surface area contributed by atoms with E-state index in [1.807, 2.05) is 26.8 Å². The molecule has 3 N–H and O–H groups in total. The van der Waals surface area contributed by atoms with Crippen molar-refractivity contribution in [1.29, 1.82) is 0 Å². The summed E-state index contributed by atoms with van der Waals surface area (Å²) in [5.41, 5.74) is 2.14. The number of ether oxygens (including phenoxy) is 2. The van der Waals surface area contributed by atoms with E-state index in [-0.39, 0.29) is 5.60 Å². The Morgan fingerprint density at radius 1 is 1.21 bits per heavy atom. The molecule has 0 fully saturated rings. The number of fused-ring (bicyclic) bond motifs is 1. The van der Waals surface area contributed by atoms with Gasteiger partial charge in [0.1, 0.15) is 0 Å². The number of H-pyrrole nitrogens is 1. The molecular formula is C19H30N2O3. The van der Waals surface area contributed by atoms with Gasteiger partial charge in [-0.15, -0.1) is 0 Å². The van der Waals surface area contributed by atoms with Crippen LogP contribution < -0.4 is 5.32 Å². The summed E-state index contributed by atoms with van der Waals surface area (Å²) in [6.45, 7) is 9.72. The Labute approximate surface area is 144 Å². The van der Waals surface area contributed by atoms with Crippen LogP contribution in [0, 0.1) is 0 Å². The smallest absolute Gasteiger partial charge is 0.214 e. The highest BCUT2D eigenvalue weighted by Gasteiger charge is 2.15. The van der Waals surface area contributed by atoms with Crippen molar-refractivity contribution in [2.75, 3.05) is 19.8 Å². The summed E-state index contributed by atoms with van der Waals surface area (Å²) < 4.78 is 11.0. The van der Waals surface area contributed by atoms with Gasteiger partial charge >= 0.3 is 0 Å². The molecule has 0 aliphatic heterocycles. The minimum absolute atomic E-state index is 0.373. The van der Waals surface area contributed by atoms with Gasteiger partial charge in [-0.05, 0) is 44.7 Å². The number of aliphatic hydroxyl groups excluding tert-OH is 1. The van der Waals surface area contributed by atoms with Gasteiger partial charge in [-0.2, -0.15) is 0 Å². The average molecular weight is 334 g/mol. The van der Waals surface area contributed by atoms with E-state index in [9.17, 15) is 5.11 Å². The van der Waals surface area contributed by atoms with Crippen molar-refractivity contribution >= 4 is 10.9 Å². The number of nitrogens with one attached hydrogen (secondary N) is 2. The van der Waals surface area contributed by atoms with Crippen molar-refractivity contribution in [2.45, 2.75) is 52.0 Å². The third-order valence-corrected chi connectivity index (χ3v) is 3.88. The number of aromatic amines is 1. The van der Waals surface area contributed by atoms with Gasteiger partial charge in [0.15, 0.2) is 0 Å². The number of hydrogen-bond donors (Lipinski definition) is 3. The molecule has 24 heavy (non-hydrogen) atoms. The summed E-state index contributed by atoms with van der Waals surface area (Å²) in [4.78, 5) is 3.32. The molecule has 5 heteroatoms. The van der Waals surface area contributed by atoms with Crippen LogP contribution >= 0.6 is 0 Å². The average Bonchev–Trinajstić information content (AvgIpc) is 2.92. The van der Waals surface area contributed by atoms with E-state index in [4.69, 9.17) is 9.47 Å². The zero-order chi connectivity index (χ0) is 17.6. The first-order chi connectivity index (χ1) is 11.4. The largest absolute Gasteiger partial charge is 0.380 e. The van der Waals surface area contributed by atoms with Gasteiger partial charge in [0.05, 0.1) is 12.2 Å². The summed E-state index contributed by atoms with van der Waals surface area (Å²) in [7, 11) is 0. The van der Waals surface area contributed by atoms with Crippen LogP contribution in [0.3, 0.4) is 0 Å². The molecule has 0 saturated heterocycles. The molecule has 134 valence electrons. The number of hydrogen-bond acceptors (Lipinski definition) is 4. The molecule has 2 aromatic rings. The zero-order valence-electron chi connectivity index (χ0n) is 15.1. The van der Waals surface area contributed by atoms with Crippen molar-refractivity contribution in [3.05, 3.63) is 36.0 Å². The molecule has 0 saturated carbocycles. The second-order valence-corrected chi connectivity index (χ2v) is 7.13. The topological polar surface area (TPSA) is 66.5 Å². The first-order valence-electron chi connectivity index (χ1n) is 8.60. The number of benzene rings is 1. The third kappa shape index (κ3) is 5.91. The van der Waals surface area contributed by atoms with Crippen molar-refractivity contribution in [3.63, 3.8) is 0 Å². The first kappa shape index (κ1) is 18.9. The summed E-state index contributed by atoms with van der Waals surface area (Å²) in [5, 5.41) is 13.8. The van der Waals surface area contributed by atoms with Crippen LogP contribution in [0.5, 0.6) is 0 Å². The lowest BCUT2D eigenvalue weighted by molar-refractivity contribution is -0.182. The number of aliphatic hydroxyl groups is 1. The van der Waals surface area contributed by atoms with Gasteiger partial charge < -0.3 is 19.6 Å². The predicted molar refractivity (Wildman–Crippen MR) is 97.0 cm³/mol. The second-order valence-electron chi connectivity index (χ2n) is 7.13. The summed E-state index contributed by atoms with van der Waals surface area (Å²) >= 11 is 0. The Hall–Kier alpha value is -1.40. The molecule has 0 bridgehead atoms. The highest BCUT2D eigenvalue weighted by atomic mass is 16.6. The standard InChI is InChI=1S/C19H30N2O3/c1-14(16-13-21-17-8-6-5-7-15(16)17)9-11-23-12-10-20-18(22)24-19(2,3)4/h5-8,13-14,18,20-22H,9-12H2,1-4H3. The second kappa shape index (κ2) is 8.62. The van der Waals surface area contributed by atoms with Crippen LogP contribution in [0.25, 0.3) is 10.9 Å². The fourth-order valence-electron chi connectivity index (χ4n) is 2.65. The van der Waals surface area contributed by atoms with E-state index >= 15 is 0 Å². The van der Waals surface area contributed by atoms with Crippen LogP contribution in [0.4, 0.5) is 0 Å². The molecule has 2 unspecified atom stereocenters. The number of para-hydroxylation sites is 1. The van der Waals surface area contributed by atoms with Crippen molar-refractivity contribution in [2.24, 2.45) is 0 Å². The number of aromatic nitrogens is 1. The van der Waals surface area contributed by atoms with Crippen LogP contribution in [0.2, 0.25) is 0 Å². The molecule has 5 nitrogen and oxygen atoms in total. The molecule has 2 rings (SSSR count). The van der Waals surface area contributed by atoms with Crippen LogP contribution in [-0.2, 0) is 9.47 Å². The Bertz CT molecular complexity index is 618. The van der Waals surface area contributed by atoms with Crippen LogP contribution in [0.1, 0.15) is 45.6 Å². The third-order valence-electron chi connectivity index (χ3n) is 3.88. The van der Waals surface area contributed by atoms with Gasteiger partial charge in [-0.1, -0.05) is 25.1 Å². The van der Waals surface area contributed by atoms with Gasteiger partial charge in [0.25, 0.3) is 0 Å². The SMILES string of the molecule is CC(CCOCCNC(O)OC(C)(C)C)c1c[nH]c2ccccc12. The Kier molecular flexibility index (Phi) is 6.80. The molecule has 0 amide bonds. The summed E-state index contributed by atoms with van der Waals surface area (Å²) in [6, 6.07) is 8.36.